The molecule has 278 valence electrons. The number of methoxy groups -OCH3 is 1. The molecule has 3 heterocycles. The number of hydrogen-bond donors (Lipinski definition) is 0. The van der Waals surface area contributed by atoms with Crippen molar-refractivity contribution in [2.45, 2.75) is 82.5 Å². The molecule has 2 bridgehead atoms. The van der Waals surface area contributed by atoms with Crippen molar-refractivity contribution in [2.75, 3.05) is 37.5 Å². The molecular weight excluding hydrogens is 696 g/mol. The summed E-state index contributed by atoms with van der Waals surface area (Å²) < 4.78 is 33.9. The van der Waals surface area contributed by atoms with Gasteiger partial charge in [0, 0.05) is 54.7 Å². The average molecular weight is 747 g/mol. The maximum atomic E-state index is 15.0. The number of anilines is 1. The van der Waals surface area contributed by atoms with Crippen LogP contribution in [0.5, 0.6) is 5.75 Å². The molecule has 1 aromatic heterocycles. The molecule has 11 heteroatoms. The summed E-state index contributed by atoms with van der Waals surface area (Å²) in [6, 6.07) is 11.7. The van der Waals surface area contributed by atoms with E-state index >= 15 is 4.21 Å². The number of fused-ring (bicyclic) bond motifs is 4. The Labute approximate surface area is 313 Å². The van der Waals surface area contributed by atoms with Crippen LogP contribution in [0.2, 0.25) is 5.02 Å². The quantitative estimate of drug-likeness (QED) is 0.196. The van der Waals surface area contributed by atoms with Crippen molar-refractivity contribution in [3.05, 3.63) is 87.7 Å². The molecule has 52 heavy (non-hydrogen) atoms. The minimum Gasteiger partial charge on any atom is -0.490 e. The van der Waals surface area contributed by atoms with Crippen LogP contribution in [0.1, 0.15) is 90.4 Å². The van der Waals surface area contributed by atoms with Gasteiger partial charge in [-0.1, -0.05) is 43.7 Å². The second-order valence-electron chi connectivity index (χ2n) is 15.5. The molecule has 2 aliphatic heterocycles. The maximum Gasteiger partial charge on any atom is 0.285 e. The summed E-state index contributed by atoms with van der Waals surface area (Å²) in [4.78, 5) is 30.5. The molecule has 4 aliphatic rings. The summed E-state index contributed by atoms with van der Waals surface area (Å²) in [5.41, 5.74) is 4.55. The Morgan fingerprint density at radius 1 is 1.17 bits per heavy atom. The Morgan fingerprint density at radius 2 is 2.00 bits per heavy atom. The first kappa shape index (κ1) is 36.9. The van der Waals surface area contributed by atoms with E-state index in [1.54, 1.807) is 31.1 Å². The highest BCUT2D eigenvalue weighted by atomic mass is 35.5. The number of hydrogen-bond acceptors (Lipinski definition) is 7. The fourth-order valence-electron chi connectivity index (χ4n) is 8.90. The Kier molecular flexibility index (Phi) is 10.5. The van der Waals surface area contributed by atoms with Gasteiger partial charge in [0.1, 0.15) is 5.75 Å². The molecule has 2 aliphatic carbocycles. The van der Waals surface area contributed by atoms with Gasteiger partial charge in [-0.15, -0.1) is 0 Å². The molecular formula is C41H51ClN4O5S. The predicted molar refractivity (Wildman–Crippen MR) is 206 cm³/mol. The molecule has 1 spiro atoms. The standard InChI is InChI=1S/C41H51ClN4O5S/c1-6-35-33(22-45(4)43-35)37(47)23-52(49)27(3)26(2)9-7-11-38(50-5)32-15-12-30(32)21-46-24-41(18-8-10-28-19-31(42)14-16-34(28)41)25-51-39-17-13-29(20-36(39)46)40(48)44-52/h7,11,13-14,16-17,19-20,22,26-27,30,32,38H,6,8-10,12,15,18,21,23-25H2,1-5H3/b11-7+/t26-,27+,30-,32+,38-,41-,52-/m0/s1. The van der Waals surface area contributed by atoms with Gasteiger partial charge in [-0.3, -0.25) is 14.3 Å². The topological polar surface area (TPSA) is 103 Å². The van der Waals surface area contributed by atoms with Crippen molar-refractivity contribution in [3.63, 3.8) is 0 Å². The lowest BCUT2D eigenvalue weighted by Crippen LogP contribution is -2.49. The molecule has 0 unspecified atom stereocenters. The molecule has 0 saturated heterocycles. The van der Waals surface area contributed by atoms with Gasteiger partial charge < -0.3 is 14.4 Å². The fraction of sp³-hybridized carbons (Fsp3) is 0.537. The Morgan fingerprint density at radius 3 is 2.75 bits per heavy atom. The number of aryl methyl sites for hydroxylation is 3. The van der Waals surface area contributed by atoms with Gasteiger partial charge in [0.05, 0.1) is 45.1 Å². The number of Topliss-reactive ketones (excluding diaryl/α,β-unsaturated/α-hetero) is 1. The van der Waals surface area contributed by atoms with Crippen LogP contribution in [0.15, 0.2) is 59.1 Å². The number of aromatic nitrogens is 2. The summed E-state index contributed by atoms with van der Waals surface area (Å²) in [7, 11) is 0.178. The highest BCUT2D eigenvalue weighted by Gasteiger charge is 2.44. The third kappa shape index (κ3) is 6.98. The van der Waals surface area contributed by atoms with Gasteiger partial charge in [-0.25, -0.2) is 4.21 Å². The first-order valence-corrected chi connectivity index (χ1v) is 20.9. The second kappa shape index (κ2) is 14.7. The van der Waals surface area contributed by atoms with E-state index in [0.717, 1.165) is 61.7 Å². The Balaban J connectivity index is 1.33. The van der Waals surface area contributed by atoms with Gasteiger partial charge >= 0.3 is 0 Å². The van der Waals surface area contributed by atoms with Gasteiger partial charge in [0.25, 0.3) is 5.91 Å². The zero-order valence-electron chi connectivity index (χ0n) is 31.0. The van der Waals surface area contributed by atoms with Crippen LogP contribution in [0.4, 0.5) is 5.69 Å². The zero-order valence-corrected chi connectivity index (χ0v) is 32.5. The number of halogens is 1. The number of ketones is 1. The summed E-state index contributed by atoms with van der Waals surface area (Å²) in [6.07, 6.45) is 12.2. The van der Waals surface area contributed by atoms with Crippen LogP contribution in [0, 0.1) is 17.8 Å². The van der Waals surface area contributed by atoms with Gasteiger partial charge in [-0.2, -0.15) is 9.46 Å². The van der Waals surface area contributed by atoms with Crippen molar-refractivity contribution in [2.24, 2.45) is 29.2 Å². The molecule has 7 atom stereocenters. The van der Waals surface area contributed by atoms with Gasteiger partial charge in [-0.05, 0) is 111 Å². The number of rotatable bonds is 5. The number of ether oxygens (including phenoxy) is 2. The molecule has 3 aromatic rings. The van der Waals surface area contributed by atoms with Crippen LogP contribution in [-0.4, -0.2) is 69.6 Å². The summed E-state index contributed by atoms with van der Waals surface area (Å²) in [6.45, 7) is 7.84. The predicted octanol–water partition coefficient (Wildman–Crippen LogP) is 7.63. The molecule has 2 aromatic carbocycles. The highest BCUT2D eigenvalue weighted by molar-refractivity contribution is 7.95. The van der Waals surface area contributed by atoms with E-state index in [4.69, 9.17) is 21.1 Å². The number of nitrogens with zero attached hydrogens (tertiary/aromatic N) is 4. The molecule has 1 saturated carbocycles. The molecule has 9 nitrogen and oxygen atoms in total. The average Bonchev–Trinajstić information content (AvgIpc) is 3.43. The van der Waals surface area contributed by atoms with Gasteiger partial charge in [0.2, 0.25) is 0 Å². The van der Waals surface area contributed by atoms with Crippen LogP contribution in [-0.2, 0) is 39.8 Å². The second-order valence-corrected chi connectivity index (χ2v) is 18.5. The lowest BCUT2D eigenvalue weighted by molar-refractivity contribution is 0.0131. The first-order valence-electron chi connectivity index (χ1n) is 18.8. The van der Waals surface area contributed by atoms with E-state index < -0.39 is 20.9 Å². The van der Waals surface area contributed by atoms with Crippen LogP contribution >= 0.6 is 11.6 Å². The zero-order chi connectivity index (χ0) is 36.8. The van der Waals surface area contributed by atoms with Gasteiger partial charge in [0.15, 0.2) is 5.78 Å². The van der Waals surface area contributed by atoms with E-state index in [0.29, 0.717) is 48.1 Å². The lowest BCUT2D eigenvalue weighted by atomic mass is 9.68. The minimum atomic E-state index is -3.37. The third-order valence-corrected chi connectivity index (χ3v) is 15.3. The largest absolute Gasteiger partial charge is 0.490 e. The van der Waals surface area contributed by atoms with Crippen molar-refractivity contribution >= 4 is 38.7 Å². The number of carbonyl (C=O) groups is 2. The lowest BCUT2D eigenvalue weighted by Gasteiger charge is -2.46. The fourth-order valence-corrected chi connectivity index (χ4v) is 11.3. The first-order chi connectivity index (χ1) is 24.9. The van der Waals surface area contributed by atoms with Crippen molar-refractivity contribution in [1.82, 2.24) is 9.78 Å². The van der Waals surface area contributed by atoms with Crippen LogP contribution < -0.4 is 9.64 Å². The number of carbonyl (C=O) groups excluding carboxylic acids is 2. The minimum absolute atomic E-state index is 0.0510. The molecule has 1 fully saturated rings. The van der Waals surface area contributed by atoms with E-state index in [-0.39, 0.29) is 29.0 Å². The Hall–Kier alpha value is -3.47. The third-order valence-electron chi connectivity index (χ3n) is 12.2. The SMILES string of the molecule is CCc1nn(C)cc1C(=O)C[S@@]1(=O)=NC(=O)c2ccc3c(c2)N(C[C@@H]2CC[C@H]2[C@@H](OC)/C=C/C[C@H](C)[C@H]1C)C[C@@]1(CCCc2cc(Cl)ccc21)CO3. The smallest absolute Gasteiger partial charge is 0.285 e. The van der Waals surface area contributed by atoms with E-state index in [1.807, 2.05) is 39.0 Å². The molecule has 7 rings (SSSR count). The number of amides is 1. The maximum absolute atomic E-state index is 15.0. The number of benzene rings is 2. The molecule has 0 radical (unpaired) electrons. The van der Waals surface area contributed by atoms with Crippen LogP contribution in [0.25, 0.3) is 0 Å². The van der Waals surface area contributed by atoms with Crippen LogP contribution in [0.3, 0.4) is 0 Å². The van der Waals surface area contributed by atoms with E-state index in [9.17, 15) is 9.59 Å². The summed E-state index contributed by atoms with van der Waals surface area (Å²) >= 11 is 6.47. The normalized spacial score (nSPS) is 31.0. The molecule has 0 N–H and O–H groups in total. The molecule has 1 amide bonds. The summed E-state index contributed by atoms with van der Waals surface area (Å²) in [5, 5.41) is 4.63. The highest BCUT2D eigenvalue weighted by Crippen LogP contribution is 2.47. The van der Waals surface area contributed by atoms with Crippen molar-refractivity contribution in [3.8, 4) is 5.75 Å². The van der Waals surface area contributed by atoms with E-state index in [1.165, 1.54) is 11.1 Å². The number of allylic oxidation sites excluding steroid dienone is 1. The van der Waals surface area contributed by atoms with E-state index in [2.05, 4.69) is 38.6 Å². The summed E-state index contributed by atoms with van der Waals surface area (Å²) in [5.74, 6) is 0.0881. The Bertz CT molecular complexity index is 2020. The van der Waals surface area contributed by atoms with Crippen molar-refractivity contribution < 1.29 is 23.3 Å². The van der Waals surface area contributed by atoms with Crippen molar-refractivity contribution in [1.29, 1.82) is 0 Å². The monoisotopic (exact) mass is 746 g/mol.